The predicted octanol–water partition coefficient (Wildman–Crippen LogP) is 24.7. The van der Waals surface area contributed by atoms with Crippen molar-refractivity contribution in [1.82, 2.24) is 0 Å². The molecule has 12 heteroatoms. The lowest BCUT2D eigenvalue weighted by Crippen LogP contribution is -2.31. The first-order valence-electron chi connectivity index (χ1n) is 40.8. The zero-order valence-corrected chi connectivity index (χ0v) is 62.9. The fraction of sp³-hybridized carbons (Fsp3) is 0.833. The zero-order chi connectivity index (χ0) is 69.8. The van der Waals surface area contributed by atoms with E-state index in [2.05, 4.69) is 76.3 Å². The monoisotopic (exact) mass is 1350 g/mol. The summed E-state index contributed by atoms with van der Waals surface area (Å²) in [6.07, 6.45) is 78.5. The molecule has 12 nitrogen and oxygen atoms in total. The van der Waals surface area contributed by atoms with Crippen molar-refractivity contribution in [2.75, 3.05) is 26.4 Å². The number of hydrogen-bond donors (Lipinski definition) is 0. The highest BCUT2D eigenvalue weighted by atomic mass is 16.6. The summed E-state index contributed by atoms with van der Waals surface area (Å²) in [5.74, 6) is -2.66. The maximum Gasteiger partial charge on any atom is 0.306 e. The first-order chi connectivity index (χ1) is 47.1. The second kappa shape index (κ2) is 76.5. The molecule has 0 atom stereocenters. The van der Waals surface area contributed by atoms with E-state index in [0.29, 0.717) is 38.5 Å². The molecular weight excluding hydrogens is 1200 g/mol. The Hall–Kier alpha value is -4.22. The molecule has 0 aromatic heterocycles. The van der Waals surface area contributed by atoms with Crippen LogP contribution in [0.3, 0.4) is 0 Å². The van der Waals surface area contributed by atoms with Crippen molar-refractivity contribution in [2.45, 2.75) is 425 Å². The van der Waals surface area contributed by atoms with Gasteiger partial charge in [-0.1, -0.05) is 282 Å². The molecule has 0 aliphatic heterocycles. The normalized spacial score (nSPS) is 12.3. The van der Waals surface area contributed by atoms with Gasteiger partial charge in [-0.3, -0.25) is 28.8 Å². The number of carbonyl (C=O) groups excluding carboxylic acids is 6. The average molecular weight is 1350 g/mol. The van der Waals surface area contributed by atoms with Crippen molar-refractivity contribution in [3.63, 3.8) is 0 Å². The maximum absolute atomic E-state index is 13.2. The molecule has 0 bridgehead atoms. The van der Waals surface area contributed by atoms with Gasteiger partial charge in [0, 0.05) is 38.5 Å². The smallest absolute Gasteiger partial charge is 0.306 e. The van der Waals surface area contributed by atoms with Crippen LogP contribution in [0.4, 0.5) is 0 Å². The molecule has 0 aromatic rings. The summed E-state index contributed by atoms with van der Waals surface area (Å²) in [4.78, 5) is 78.0. The van der Waals surface area contributed by atoms with Crippen LogP contribution in [0.5, 0.6) is 0 Å². The molecule has 0 rings (SSSR count). The van der Waals surface area contributed by atoms with Crippen LogP contribution >= 0.6 is 0 Å². The highest BCUT2D eigenvalue weighted by Crippen LogP contribution is 2.18. The molecule has 96 heavy (non-hydrogen) atoms. The summed E-state index contributed by atoms with van der Waals surface area (Å²) in [6, 6.07) is 0. The molecule has 0 aliphatic carbocycles. The quantitative estimate of drug-likeness (QED) is 0.0246. The molecule has 0 amide bonds. The van der Waals surface area contributed by atoms with Gasteiger partial charge in [-0.05, 0) is 141 Å². The van der Waals surface area contributed by atoms with Crippen molar-refractivity contribution in [3.8, 4) is 0 Å². The van der Waals surface area contributed by atoms with Gasteiger partial charge in [0.25, 0.3) is 0 Å². The van der Waals surface area contributed by atoms with Crippen molar-refractivity contribution in [1.29, 1.82) is 0 Å². The number of rotatable bonds is 75. The summed E-state index contributed by atoms with van der Waals surface area (Å²) in [7, 11) is 0. The largest absolute Gasteiger partial charge is 0.462 e. The summed E-state index contributed by atoms with van der Waals surface area (Å²) >= 11 is 0. The topological polar surface area (TPSA) is 158 Å². The highest BCUT2D eigenvalue weighted by Gasteiger charge is 2.22. The Balaban J connectivity index is 5.22. The number of hydrogen-bond acceptors (Lipinski definition) is 12. The molecule has 0 unspecified atom stereocenters. The van der Waals surface area contributed by atoms with Gasteiger partial charge in [0.15, 0.2) is 12.2 Å². The van der Waals surface area contributed by atoms with Gasteiger partial charge in [0.2, 0.25) is 0 Å². The van der Waals surface area contributed by atoms with Crippen molar-refractivity contribution in [2.24, 2.45) is 0 Å². The summed E-state index contributed by atoms with van der Waals surface area (Å²) in [6.45, 7) is 8.09. The number of unbranched alkanes of at least 4 members (excludes halogenated alkanes) is 45. The van der Waals surface area contributed by atoms with Crippen molar-refractivity contribution >= 4 is 35.8 Å². The van der Waals surface area contributed by atoms with Gasteiger partial charge in [0.1, 0.15) is 26.4 Å². The Morgan fingerprint density at radius 3 is 0.531 bits per heavy atom. The van der Waals surface area contributed by atoms with Crippen LogP contribution in [-0.4, -0.2) is 74.5 Å². The van der Waals surface area contributed by atoms with Gasteiger partial charge < -0.3 is 28.4 Å². The van der Waals surface area contributed by atoms with Crippen LogP contribution in [-0.2, 0) is 57.2 Å². The molecule has 0 fully saturated rings. The number of allylic oxidation sites excluding steroid dienone is 8. The van der Waals surface area contributed by atoms with Gasteiger partial charge >= 0.3 is 35.8 Å². The minimum Gasteiger partial charge on any atom is -0.462 e. The standard InChI is InChI=1S/C84H150O12/c1-5-9-13-17-21-25-29-33-37-41-45-49-53-57-61-67-79(85)91-73-77(74-92-80(86)68-62-58-54-50-46-42-38-34-30-26-22-18-14-10-6-2)95-83(89)71-65-66-72-84(90)96-78(75-93-81(87)69-63-59-55-51-47-43-39-35-31-27-23-19-15-11-7-3)76-94-82(88)70-64-60-56-52-48-44-40-36-32-28-24-20-16-12-8-4/h33-40,77-78H,5-32,41-76H2,1-4H3. The molecule has 0 N–H and O–H groups in total. The second-order valence-electron chi connectivity index (χ2n) is 27.5. The number of esters is 6. The van der Waals surface area contributed by atoms with Crippen LogP contribution in [0, 0.1) is 0 Å². The third-order valence-electron chi connectivity index (χ3n) is 17.9. The molecule has 0 heterocycles. The minimum absolute atomic E-state index is 0.0269. The fourth-order valence-electron chi connectivity index (χ4n) is 11.7. The van der Waals surface area contributed by atoms with Crippen LogP contribution in [0.25, 0.3) is 0 Å². The molecule has 0 aliphatic rings. The Kier molecular flexibility index (Phi) is 73.2. The molecule has 0 saturated carbocycles. The van der Waals surface area contributed by atoms with E-state index in [4.69, 9.17) is 28.4 Å². The highest BCUT2D eigenvalue weighted by molar-refractivity contribution is 5.72. The Morgan fingerprint density at radius 1 is 0.198 bits per heavy atom. The Bertz CT molecular complexity index is 1630. The molecule has 0 saturated heterocycles. The first kappa shape index (κ1) is 91.8. The van der Waals surface area contributed by atoms with Gasteiger partial charge in [0.05, 0.1) is 0 Å². The summed E-state index contributed by atoms with van der Waals surface area (Å²) < 4.78 is 33.8. The van der Waals surface area contributed by atoms with Crippen LogP contribution < -0.4 is 0 Å². The lowest BCUT2D eigenvalue weighted by Gasteiger charge is -2.19. The lowest BCUT2D eigenvalue weighted by atomic mass is 10.1. The van der Waals surface area contributed by atoms with Crippen LogP contribution in [0.1, 0.15) is 413 Å². The van der Waals surface area contributed by atoms with Gasteiger partial charge in [-0.15, -0.1) is 0 Å². The molecule has 0 spiro atoms. The van der Waals surface area contributed by atoms with Gasteiger partial charge in [-0.25, -0.2) is 0 Å². The summed E-state index contributed by atoms with van der Waals surface area (Å²) in [5.41, 5.74) is 0. The third kappa shape index (κ3) is 72.5. The SMILES string of the molecule is CCCCCCCCC=CCCCCCCCC(=O)OCC(COC(=O)CCCCCCCC=CCCCCCCCC)OC(=O)CCCCC(=O)OC(COC(=O)CCCCCCCC=CCCCCCCCC)COC(=O)CCCCCCCC=CCCCCCCCC. The van der Waals surface area contributed by atoms with E-state index in [1.54, 1.807) is 0 Å². The van der Waals surface area contributed by atoms with E-state index in [1.807, 2.05) is 0 Å². The fourth-order valence-corrected chi connectivity index (χ4v) is 11.7. The Morgan fingerprint density at radius 2 is 0.344 bits per heavy atom. The number of carbonyl (C=O) groups is 6. The minimum atomic E-state index is -0.974. The second-order valence-corrected chi connectivity index (χ2v) is 27.5. The molecule has 0 radical (unpaired) electrons. The van der Waals surface area contributed by atoms with E-state index in [1.165, 1.54) is 154 Å². The van der Waals surface area contributed by atoms with Crippen LogP contribution in [0.2, 0.25) is 0 Å². The van der Waals surface area contributed by atoms with Crippen molar-refractivity contribution in [3.05, 3.63) is 48.6 Å². The van der Waals surface area contributed by atoms with E-state index in [-0.39, 0.29) is 88.8 Å². The average Bonchev–Trinajstić information content (AvgIpc) is 2.34. The maximum atomic E-state index is 13.2. The Labute approximate surface area is 590 Å². The van der Waals surface area contributed by atoms with E-state index in [0.717, 1.165) is 154 Å². The van der Waals surface area contributed by atoms with E-state index in [9.17, 15) is 28.8 Å². The number of ether oxygens (including phenoxy) is 6. The lowest BCUT2D eigenvalue weighted by molar-refractivity contribution is -0.167. The molecule has 558 valence electrons. The third-order valence-corrected chi connectivity index (χ3v) is 17.9. The van der Waals surface area contributed by atoms with E-state index >= 15 is 0 Å². The first-order valence-corrected chi connectivity index (χ1v) is 40.8. The van der Waals surface area contributed by atoms with Crippen molar-refractivity contribution < 1.29 is 57.2 Å². The summed E-state index contributed by atoms with van der Waals surface area (Å²) in [5, 5.41) is 0. The predicted molar refractivity (Wildman–Crippen MR) is 400 cm³/mol. The van der Waals surface area contributed by atoms with Gasteiger partial charge in [-0.2, -0.15) is 0 Å². The molecule has 0 aromatic carbocycles. The van der Waals surface area contributed by atoms with Crippen LogP contribution in [0.15, 0.2) is 48.6 Å². The molecular formula is C84H150O12. The zero-order valence-electron chi connectivity index (χ0n) is 62.9. The van der Waals surface area contributed by atoms with E-state index < -0.39 is 24.1 Å².